The lowest BCUT2D eigenvalue weighted by Gasteiger charge is -2.59. The Kier molecular flexibility index (Phi) is 3.62. The quantitative estimate of drug-likeness (QED) is 0.797. The van der Waals surface area contributed by atoms with Crippen molar-refractivity contribution < 1.29 is 14.7 Å². The monoisotopic (exact) mass is 330 g/mol. The van der Waals surface area contributed by atoms with E-state index in [0.717, 1.165) is 38.5 Å². The molecule has 0 radical (unpaired) electrons. The maximum absolute atomic E-state index is 12.2. The largest absolute Gasteiger partial charge is 0.393 e. The van der Waals surface area contributed by atoms with Crippen LogP contribution in [0.1, 0.15) is 65.7 Å². The summed E-state index contributed by atoms with van der Waals surface area (Å²) in [6.45, 7) is 6.27. The van der Waals surface area contributed by atoms with E-state index < -0.39 is 0 Å². The number of ketones is 2. The first-order valence-electron chi connectivity index (χ1n) is 9.70. The lowest BCUT2D eigenvalue weighted by Crippen LogP contribution is -2.56. The van der Waals surface area contributed by atoms with Gasteiger partial charge < -0.3 is 5.11 Å². The Balaban J connectivity index is 1.72. The molecule has 0 aromatic heterocycles. The molecule has 4 aliphatic rings. The molecule has 0 saturated heterocycles. The van der Waals surface area contributed by atoms with E-state index >= 15 is 0 Å². The van der Waals surface area contributed by atoms with E-state index in [2.05, 4.69) is 13.8 Å². The van der Waals surface area contributed by atoms with Gasteiger partial charge in [-0.2, -0.15) is 0 Å². The number of aliphatic hydroxyl groups excluding tert-OH is 1. The third-order valence-electron chi connectivity index (χ3n) is 8.38. The number of Topliss-reactive ketones (excluding diaryl/α,β-unsaturated/α-hetero) is 1. The lowest BCUT2D eigenvalue weighted by molar-refractivity contribution is -0.143. The minimum atomic E-state index is -0.349. The molecule has 0 spiro atoms. The molecule has 6 unspecified atom stereocenters. The number of carbonyl (C=O) groups excluding carboxylic acids is 2. The summed E-state index contributed by atoms with van der Waals surface area (Å²) >= 11 is 0. The maximum atomic E-state index is 12.2. The van der Waals surface area contributed by atoms with Gasteiger partial charge in [0.2, 0.25) is 0 Å². The van der Waals surface area contributed by atoms with Crippen molar-refractivity contribution in [3.05, 3.63) is 11.6 Å². The van der Waals surface area contributed by atoms with E-state index in [1.54, 1.807) is 6.92 Å². The minimum absolute atomic E-state index is 0.0219. The van der Waals surface area contributed by atoms with Gasteiger partial charge in [0.05, 0.1) is 6.10 Å². The molecule has 0 amide bonds. The first-order chi connectivity index (χ1) is 11.3. The molecule has 3 heteroatoms. The second kappa shape index (κ2) is 5.27. The second-order valence-electron chi connectivity index (χ2n) is 9.41. The van der Waals surface area contributed by atoms with Crippen molar-refractivity contribution in [2.24, 2.45) is 34.5 Å². The maximum Gasteiger partial charge on any atom is 0.155 e. The molecule has 4 aliphatic carbocycles. The highest BCUT2D eigenvalue weighted by Gasteiger charge is 2.62. The van der Waals surface area contributed by atoms with Crippen LogP contribution in [0.25, 0.3) is 0 Å². The van der Waals surface area contributed by atoms with Crippen LogP contribution >= 0.6 is 0 Å². The Bertz CT molecular complexity index is 621. The highest BCUT2D eigenvalue weighted by atomic mass is 16.3. The molecule has 0 heterocycles. The summed E-state index contributed by atoms with van der Waals surface area (Å²) in [7, 11) is 0. The number of rotatable bonds is 1. The molecule has 24 heavy (non-hydrogen) atoms. The van der Waals surface area contributed by atoms with Crippen molar-refractivity contribution in [1.29, 1.82) is 0 Å². The summed E-state index contributed by atoms with van der Waals surface area (Å²) < 4.78 is 0. The van der Waals surface area contributed by atoms with Gasteiger partial charge in [0.25, 0.3) is 0 Å². The molecular formula is C21H30O3. The van der Waals surface area contributed by atoms with Crippen molar-refractivity contribution >= 4 is 11.6 Å². The zero-order chi connectivity index (χ0) is 17.3. The highest BCUT2D eigenvalue weighted by Crippen LogP contribution is 2.66. The van der Waals surface area contributed by atoms with E-state index in [0.29, 0.717) is 24.0 Å². The molecule has 0 aliphatic heterocycles. The van der Waals surface area contributed by atoms with Crippen LogP contribution in [0.15, 0.2) is 11.6 Å². The van der Waals surface area contributed by atoms with Crippen molar-refractivity contribution in [3.8, 4) is 0 Å². The number of carbonyl (C=O) groups is 2. The predicted molar refractivity (Wildman–Crippen MR) is 92.3 cm³/mol. The Morgan fingerprint density at radius 1 is 1.21 bits per heavy atom. The minimum Gasteiger partial charge on any atom is -0.393 e. The number of hydrogen-bond donors (Lipinski definition) is 1. The van der Waals surface area contributed by atoms with Crippen LogP contribution in [0.4, 0.5) is 0 Å². The average Bonchev–Trinajstić information content (AvgIpc) is 2.84. The first kappa shape index (κ1) is 16.5. The van der Waals surface area contributed by atoms with Crippen molar-refractivity contribution in [2.75, 3.05) is 0 Å². The Morgan fingerprint density at radius 2 is 1.96 bits per heavy atom. The van der Waals surface area contributed by atoms with E-state index in [4.69, 9.17) is 0 Å². The zero-order valence-electron chi connectivity index (χ0n) is 15.2. The van der Waals surface area contributed by atoms with Gasteiger partial charge in [0.15, 0.2) is 5.78 Å². The first-order valence-corrected chi connectivity index (χ1v) is 9.70. The fourth-order valence-electron chi connectivity index (χ4n) is 7.35. The third kappa shape index (κ3) is 2.06. The topological polar surface area (TPSA) is 54.4 Å². The standard InChI is InChI=1S/C21H30O3/c1-12(22)16-6-7-17-15-5-4-13-10-14(23)8-9-20(13,2)19(15)18(24)11-21(16,17)3/h10,15-19,24H,4-9,11H2,1-3H3/t15?,16?,17?,18?,19?,20-,21?/m0/s1. The van der Waals surface area contributed by atoms with E-state index in [1.807, 2.05) is 6.08 Å². The van der Waals surface area contributed by atoms with Crippen LogP contribution in [-0.2, 0) is 9.59 Å². The van der Waals surface area contributed by atoms with Gasteiger partial charge in [-0.25, -0.2) is 0 Å². The van der Waals surface area contributed by atoms with E-state index in [-0.39, 0.29) is 34.6 Å². The average molecular weight is 330 g/mol. The van der Waals surface area contributed by atoms with Crippen LogP contribution in [-0.4, -0.2) is 22.8 Å². The Morgan fingerprint density at radius 3 is 2.67 bits per heavy atom. The smallest absolute Gasteiger partial charge is 0.155 e. The fourth-order valence-corrected chi connectivity index (χ4v) is 7.35. The van der Waals surface area contributed by atoms with Crippen LogP contribution in [0, 0.1) is 34.5 Å². The normalized spacial score (nSPS) is 50.6. The summed E-state index contributed by atoms with van der Waals surface area (Å²) in [5.74, 6) is 1.99. The van der Waals surface area contributed by atoms with Crippen LogP contribution in [0.2, 0.25) is 0 Å². The fraction of sp³-hybridized carbons (Fsp3) is 0.810. The van der Waals surface area contributed by atoms with Crippen molar-refractivity contribution in [2.45, 2.75) is 71.8 Å². The van der Waals surface area contributed by atoms with Crippen LogP contribution < -0.4 is 0 Å². The summed E-state index contributed by atoms with van der Waals surface area (Å²) in [5.41, 5.74) is 1.23. The Labute approximate surface area is 144 Å². The highest BCUT2D eigenvalue weighted by molar-refractivity contribution is 5.91. The van der Waals surface area contributed by atoms with Gasteiger partial charge >= 0.3 is 0 Å². The number of fused-ring (bicyclic) bond motifs is 5. The van der Waals surface area contributed by atoms with Gasteiger partial charge in [-0.3, -0.25) is 9.59 Å². The van der Waals surface area contributed by atoms with Crippen LogP contribution in [0.5, 0.6) is 0 Å². The molecule has 0 bridgehead atoms. The molecule has 132 valence electrons. The van der Waals surface area contributed by atoms with Gasteiger partial charge in [-0.1, -0.05) is 19.4 Å². The number of hydrogen-bond acceptors (Lipinski definition) is 3. The van der Waals surface area contributed by atoms with Crippen molar-refractivity contribution in [3.63, 3.8) is 0 Å². The van der Waals surface area contributed by atoms with E-state index in [1.165, 1.54) is 5.57 Å². The Hall–Kier alpha value is -0.960. The van der Waals surface area contributed by atoms with Gasteiger partial charge in [-0.15, -0.1) is 0 Å². The molecule has 3 fully saturated rings. The predicted octanol–water partition coefficient (Wildman–Crippen LogP) is 3.69. The van der Waals surface area contributed by atoms with Crippen LogP contribution in [0.3, 0.4) is 0 Å². The number of allylic oxidation sites excluding steroid dienone is 1. The van der Waals surface area contributed by atoms with Crippen molar-refractivity contribution in [1.82, 2.24) is 0 Å². The van der Waals surface area contributed by atoms with Gasteiger partial charge in [-0.05, 0) is 80.1 Å². The molecule has 7 atom stereocenters. The van der Waals surface area contributed by atoms with E-state index in [9.17, 15) is 14.7 Å². The lowest BCUT2D eigenvalue weighted by atomic mass is 9.46. The van der Waals surface area contributed by atoms with Gasteiger partial charge in [0, 0.05) is 12.3 Å². The number of aliphatic hydroxyl groups is 1. The molecule has 3 saturated carbocycles. The SMILES string of the molecule is CC(=O)C1CCC2C3CCC4=CC(=O)CC[C@]4(C)C3C(O)CC12C. The molecular weight excluding hydrogens is 300 g/mol. The molecule has 0 aromatic rings. The van der Waals surface area contributed by atoms with Gasteiger partial charge in [0.1, 0.15) is 5.78 Å². The molecule has 1 N–H and O–H groups in total. The zero-order valence-corrected chi connectivity index (χ0v) is 15.2. The molecule has 0 aromatic carbocycles. The summed E-state index contributed by atoms with van der Waals surface area (Å²) in [6, 6.07) is 0. The molecule has 3 nitrogen and oxygen atoms in total. The summed E-state index contributed by atoms with van der Waals surface area (Å²) in [5, 5.41) is 11.2. The molecule has 4 rings (SSSR count). The second-order valence-corrected chi connectivity index (χ2v) is 9.41. The summed E-state index contributed by atoms with van der Waals surface area (Å²) in [4.78, 5) is 24.0. The summed E-state index contributed by atoms with van der Waals surface area (Å²) in [6.07, 6.45) is 7.97. The third-order valence-corrected chi connectivity index (χ3v) is 8.38.